The zero-order valence-corrected chi connectivity index (χ0v) is 15.3. The fourth-order valence-corrected chi connectivity index (χ4v) is 3.30. The van der Waals surface area contributed by atoms with Crippen LogP contribution in [0.5, 0.6) is 0 Å². The van der Waals surface area contributed by atoms with Crippen LogP contribution in [0, 0.1) is 4.91 Å². The summed E-state index contributed by atoms with van der Waals surface area (Å²) in [5.74, 6) is 0.251. The van der Waals surface area contributed by atoms with Crippen LogP contribution in [-0.2, 0) is 11.3 Å². The lowest BCUT2D eigenvalue weighted by molar-refractivity contribution is -0.729. The van der Waals surface area contributed by atoms with E-state index in [1.807, 2.05) is 6.07 Å². The van der Waals surface area contributed by atoms with Gasteiger partial charge in [0.05, 0.1) is 17.2 Å². The number of rotatable bonds is 5. The highest BCUT2D eigenvalue weighted by Crippen LogP contribution is 2.23. The molecule has 0 fully saturated rings. The molecule has 0 bridgehead atoms. The van der Waals surface area contributed by atoms with Crippen molar-refractivity contribution in [3.63, 3.8) is 0 Å². The van der Waals surface area contributed by atoms with E-state index in [1.54, 1.807) is 30.3 Å². The molecular formula is C18H17N4O4S+. The zero-order chi connectivity index (χ0) is 19.4. The quantitative estimate of drug-likeness (QED) is 0.767. The van der Waals surface area contributed by atoms with Gasteiger partial charge in [0, 0.05) is 30.5 Å². The maximum Gasteiger partial charge on any atom is 0.316 e. The maximum atomic E-state index is 12.2. The van der Waals surface area contributed by atoms with Crippen molar-refractivity contribution in [2.24, 2.45) is 5.10 Å². The van der Waals surface area contributed by atoms with Crippen LogP contribution in [0.15, 0.2) is 53.6 Å². The number of hydrogen-bond acceptors (Lipinski definition) is 5. The molecule has 138 valence electrons. The van der Waals surface area contributed by atoms with E-state index in [1.165, 1.54) is 24.1 Å². The standard InChI is InChI=1S/C18H16N4O4S/c1-12(23)19-15-4-2-3-13(9-15)10-21-18(24)27-11-17(20-21)14-5-7-16(8-6-14)22(25)26/h2-9H,10-11H2,1H3,(H-,19,23,25,26)/p+1. The Morgan fingerprint density at radius 2 is 2.04 bits per heavy atom. The first-order valence-corrected chi connectivity index (χ1v) is 9.06. The zero-order valence-electron chi connectivity index (χ0n) is 14.5. The Balaban J connectivity index is 1.80. The molecule has 3 rings (SSSR count). The van der Waals surface area contributed by atoms with Gasteiger partial charge in [-0.05, 0) is 35.4 Å². The molecule has 2 amide bonds. The van der Waals surface area contributed by atoms with Crippen LogP contribution < -0.4 is 5.32 Å². The highest BCUT2D eigenvalue weighted by atomic mass is 32.2. The molecule has 9 heteroatoms. The first-order chi connectivity index (χ1) is 12.9. The summed E-state index contributed by atoms with van der Waals surface area (Å²) in [6.07, 6.45) is 0. The normalized spacial score (nSPS) is 13.9. The molecule has 0 spiro atoms. The van der Waals surface area contributed by atoms with E-state index < -0.39 is 0 Å². The minimum atomic E-state index is -0.209. The molecule has 2 aromatic rings. The van der Waals surface area contributed by atoms with Crippen molar-refractivity contribution < 1.29 is 19.7 Å². The third-order valence-corrected chi connectivity index (χ3v) is 4.66. The summed E-state index contributed by atoms with van der Waals surface area (Å²) in [5.41, 5.74) is 3.06. The number of hydrogen-bond donors (Lipinski definition) is 2. The molecule has 0 unspecified atom stereocenters. The van der Waals surface area contributed by atoms with Crippen molar-refractivity contribution in [3.05, 3.63) is 64.6 Å². The number of carbonyl (C=O) groups excluding carboxylic acids is 2. The molecule has 0 saturated heterocycles. The van der Waals surface area contributed by atoms with Crippen LogP contribution in [0.2, 0.25) is 0 Å². The number of hydrazone groups is 1. The second-order valence-electron chi connectivity index (χ2n) is 5.86. The lowest BCUT2D eigenvalue weighted by Crippen LogP contribution is -2.29. The summed E-state index contributed by atoms with van der Waals surface area (Å²) in [5, 5.41) is 17.3. The van der Waals surface area contributed by atoms with Crippen LogP contribution in [0.4, 0.5) is 16.2 Å². The van der Waals surface area contributed by atoms with E-state index in [-0.39, 0.29) is 28.3 Å². The van der Waals surface area contributed by atoms with Gasteiger partial charge in [-0.15, -0.1) is 0 Å². The fraction of sp³-hybridized carbons (Fsp3) is 0.167. The summed E-state index contributed by atoms with van der Waals surface area (Å²) in [7, 11) is 0. The maximum absolute atomic E-state index is 12.2. The molecule has 2 aromatic carbocycles. The first kappa shape index (κ1) is 18.6. The van der Waals surface area contributed by atoms with Gasteiger partial charge < -0.3 is 5.32 Å². The molecule has 27 heavy (non-hydrogen) atoms. The molecule has 2 N–H and O–H groups in total. The van der Waals surface area contributed by atoms with Gasteiger partial charge >= 0.3 is 10.9 Å². The van der Waals surface area contributed by atoms with Crippen LogP contribution in [0.25, 0.3) is 0 Å². The van der Waals surface area contributed by atoms with Gasteiger partial charge in [0.1, 0.15) is 0 Å². The Morgan fingerprint density at radius 1 is 1.30 bits per heavy atom. The number of nitrogens with one attached hydrogen (secondary N) is 1. The third kappa shape index (κ3) is 4.70. The second-order valence-corrected chi connectivity index (χ2v) is 6.79. The molecule has 1 aliphatic heterocycles. The Morgan fingerprint density at radius 3 is 2.70 bits per heavy atom. The second kappa shape index (κ2) is 8.00. The third-order valence-electron chi connectivity index (χ3n) is 3.79. The molecule has 0 atom stereocenters. The summed E-state index contributed by atoms with van der Waals surface area (Å²) >= 11 is 1.14. The summed E-state index contributed by atoms with van der Waals surface area (Å²) in [6.45, 7) is 1.70. The van der Waals surface area contributed by atoms with E-state index in [4.69, 9.17) is 5.21 Å². The number of benzene rings is 2. The molecule has 0 aliphatic carbocycles. The summed E-state index contributed by atoms with van der Waals surface area (Å²) in [6, 6.07) is 13.5. The van der Waals surface area contributed by atoms with Gasteiger partial charge in [0.2, 0.25) is 5.91 Å². The van der Waals surface area contributed by atoms with Crippen molar-refractivity contribution in [3.8, 4) is 0 Å². The predicted octanol–water partition coefficient (Wildman–Crippen LogP) is 3.52. The minimum Gasteiger partial charge on any atom is -0.326 e. The summed E-state index contributed by atoms with van der Waals surface area (Å²) < 4.78 is 0. The number of anilines is 1. The molecule has 0 radical (unpaired) electrons. The topological polar surface area (TPSA) is 102 Å². The molecule has 1 aliphatic rings. The lowest BCUT2D eigenvalue weighted by Gasteiger charge is -2.23. The number of thioether (sulfide) groups is 1. The van der Waals surface area contributed by atoms with E-state index in [2.05, 4.69) is 10.4 Å². The average Bonchev–Trinajstić information content (AvgIpc) is 2.63. The number of carbonyl (C=O) groups is 2. The molecule has 1 heterocycles. The molecular weight excluding hydrogens is 368 g/mol. The van der Waals surface area contributed by atoms with E-state index >= 15 is 0 Å². The number of amides is 2. The van der Waals surface area contributed by atoms with Crippen LogP contribution in [0.3, 0.4) is 0 Å². The van der Waals surface area contributed by atoms with Gasteiger partial charge in [-0.3, -0.25) is 9.59 Å². The van der Waals surface area contributed by atoms with E-state index in [9.17, 15) is 14.5 Å². The highest BCUT2D eigenvalue weighted by Gasteiger charge is 2.23. The van der Waals surface area contributed by atoms with Crippen molar-refractivity contribution in [2.45, 2.75) is 13.5 Å². The number of nitrogens with zero attached hydrogens (tertiary/aromatic N) is 3. The Bertz CT molecular complexity index is 927. The summed E-state index contributed by atoms with van der Waals surface area (Å²) in [4.78, 5) is 34.1. The van der Waals surface area contributed by atoms with Crippen LogP contribution >= 0.6 is 11.8 Å². The van der Waals surface area contributed by atoms with Crippen molar-refractivity contribution in [1.29, 1.82) is 0 Å². The van der Waals surface area contributed by atoms with Crippen molar-refractivity contribution in [2.75, 3.05) is 11.1 Å². The largest absolute Gasteiger partial charge is 0.326 e. The van der Waals surface area contributed by atoms with E-state index in [0.717, 1.165) is 22.9 Å². The van der Waals surface area contributed by atoms with Gasteiger partial charge in [-0.1, -0.05) is 23.9 Å². The van der Waals surface area contributed by atoms with Crippen LogP contribution in [-0.4, -0.2) is 37.8 Å². The molecule has 8 nitrogen and oxygen atoms in total. The lowest BCUT2D eigenvalue weighted by atomic mass is 10.1. The average molecular weight is 385 g/mol. The Kier molecular flexibility index (Phi) is 5.51. The smallest absolute Gasteiger partial charge is 0.316 e. The predicted molar refractivity (Wildman–Crippen MR) is 102 cm³/mol. The highest BCUT2D eigenvalue weighted by molar-refractivity contribution is 8.14. The van der Waals surface area contributed by atoms with Crippen molar-refractivity contribution in [1.82, 2.24) is 5.01 Å². The van der Waals surface area contributed by atoms with Gasteiger partial charge in [0.15, 0.2) is 0 Å². The molecule has 0 saturated carbocycles. The molecule has 0 aromatic heterocycles. The fourth-order valence-electron chi connectivity index (χ4n) is 2.57. The monoisotopic (exact) mass is 385 g/mol. The Hall–Kier alpha value is -3.20. The first-order valence-electron chi connectivity index (χ1n) is 8.07. The SMILES string of the molecule is CC(=O)Nc1cccc(CN2N=C(c3ccc([N+](=O)O)cc3)CSC2=O)c1. The minimum absolute atomic E-state index is 0.116. The van der Waals surface area contributed by atoms with Gasteiger partial charge in [0.25, 0.3) is 4.92 Å². The van der Waals surface area contributed by atoms with Crippen LogP contribution in [0.1, 0.15) is 18.1 Å². The van der Waals surface area contributed by atoms with Gasteiger partial charge in [-0.2, -0.15) is 5.10 Å². The Labute approximate surface area is 159 Å². The van der Waals surface area contributed by atoms with Gasteiger partial charge in [-0.25, -0.2) is 10.2 Å². The van der Waals surface area contributed by atoms with E-state index in [0.29, 0.717) is 17.2 Å². The van der Waals surface area contributed by atoms with Crippen molar-refractivity contribution >= 4 is 40.0 Å².